The number of hydrogen-bond acceptors (Lipinski definition) is 6. The number of rotatable bonds is 4. The maximum atomic E-state index is 12.1. The zero-order valence-corrected chi connectivity index (χ0v) is 12.0. The second kappa shape index (κ2) is 6.15. The van der Waals surface area contributed by atoms with Crippen molar-refractivity contribution in [1.82, 2.24) is 0 Å². The fraction of sp³-hybridized carbons (Fsp3) is 0. The molecule has 1 aromatic heterocycles. The molecule has 3 aromatic rings. The number of para-hydroxylation sites is 2. The van der Waals surface area contributed by atoms with E-state index in [9.17, 15) is 9.90 Å². The van der Waals surface area contributed by atoms with E-state index in [4.69, 9.17) is 9.83 Å². The topological polar surface area (TPSA) is 98.7 Å². The SMILES string of the molecule is N=C/C(=N\Nc1ccccc1)c1c(O)c2ccccc2oc1=O. The average Bonchev–Trinajstić information content (AvgIpc) is 2.58. The molecule has 0 saturated carbocycles. The van der Waals surface area contributed by atoms with Crippen LogP contribution in [-0.2, 0) is 0 Å². The first-order valence-corrected chi connectivity index (χ1v) is 6.85. The highest BCUT2D eigenvalue weighted by molar-refractivity contribution is 6.38. The quantitative estimate of drug-likeness (QED) is 0.392. The van der Waals surface area contributed by atoms with Gasteiger partial charge in [-0.05, 0) is 24.3 Å². The largest absolute Gasteiger partial charge is 0.506 e. The summed E-state index contributed by atoms with van der Waals surface area (Å²) in [5.41, 5.74) is 2.79. The summed E-state index contributed by atoms with van der Waals surface area (Å²) < 4.78 is 5.18. The molecule has 6 nitrogen and oxygen atoms in total. The second-order valence-electron chi connectivity index (χ2n) is 4.73. The number of fused-ring (bicyclic) bond motifs is 1. The van der Waals surface area contributed by atoms with Crippen LogP contribution >= 0.6 is 0 Å². The maximum Gasteiger partial charge on any atom is 0.349 e. The lowest BCUT2D eigenvalue weighted by atomic mass is 10.1. The summed E-state index contributed by atoms with van der Waals surface area (Å²) in [6.07, 6.45) is 0.886. The average molecular weight is 307 g/mol. The number of nitrogens with zero attached hydrogens (tertiary/aromatic N) is 1. The van der Waals surface area contributed by atoms with Gasteiger partial charge in [-0.2, -0.15) is 5.10 Å². The van der Waals surface area contributed by atoms with Gasteiger partial charge in [0.1, 0.15) is 22.6 Å². The molecule has 0 bridgehead atoms. The van der Waals surface area contributed by atoms with Crippen LogP contribution in [0.3, 0.4) is 0 Å². The van der Waals surface area contributed by atoms with Gasteiger partial charge < -0.3 is 14.9 Å². The Hall–Kier alpha value is -3.41. The number of hydrazone groups is 1. The first-order valence-electron chi connectivity index (χ1n) is 6.85. The van der Waals surface area contributed by atoms with Gasteiger partial charge in [0.15, 0.2) is 0 Å². The molecule has 0 aliphatic carbocycles. The normalized spacial score (nSPS) is 11.4. The van der Waals surface area contributed by atoms with Crippen LogP contribution in [0, 0.1) is 5.41 Å². The van der Waals surface area contributed by atoms with Gasteiger partial charge in [-0.3, -0.25) is 5.43 Å². The molecule has 0 aliphatic rings. The van der Waals surface area contributed by atoms with Crippen molar-refractivity contribution in [3.63, 3.8) is 0 Å². The molecule has 0 radical (unpaired) electrons. The molecular formula is C17H13N3O3. The van der Waals surface area contributed by atoms with Crippen molar-refractivity contribution in [2.45, 2.75) is 0 Å². The third kappa shape index (κ3) is 2.82. The zero-order valence-electron chi connectivity index (χ0n) is 12.0. The molecule has 0 unspecified atom stereocenters. The number of anilines is 1. The minimum absolute atomic E-state index is 0.0224. The van der Waals surface area contributed by atoms with E-state index in [1.807, 2.05) is 18.2 Å². The zero-order chi connectivity index (χ0) is 16.2. The van der Waals surface area contributed by atoms with E-state index in [0.717, 1.165) is 6.21 Å². The summed E-state index contributed by atoms with van der Waals surface area (Å²) in [5.74, 6) is -0.256. The van der Waals surface area contributed by atoms with E-state index in [2.05, 4.69) is 10.5 Å². The van der Waals surface area contributed by atoms with Crippen LogP contribution in [0.5, 0.6) is 5.75 Å². The van der Waals surface area contributed by atoms with Gasteiger partial charge in [-0.15, -0.1) is 0 Å². The monoisotopic (exact) mass is 307 g/mol. The lowest BCUT2D eigenvalue weighted by Gasteiger charge is -2.06. The Morgan fingerprint density at radius 3 is 2.57 bits per heavy atom. The van der Waals surface area contributed by atoms with Crippen molar-refractivity contribution in [2.75, 3.05) is 5.43 Å². The van der Waals surface area contributed by atoms with Gasteiger partial charge in [-0.25, -0.2) is 4.79 Å². The number of aromatic hydroxyl groups is 1. The van der Waals surface area contributed by atoms with Gasteiger partial charge in [0.25, 0.3) is 0 Å². The number of hydrogen-bond donors (Lipinski definition) is 3. The van der Waals surface area contributed by atoms with Crippen LogP contribution in [-0.4, -0.2) is 17.0 Å². The van der Waals surface area contributed by atoms with Crippen LogP contribution in [0.2, 0.25) is 0 Å². The predicted octanol–water partition coefficient (Wildman–Crippen LogP) is 2.96. The lowest BCUT2D eigenvalue weighted by Crippen LogP contribution is -2.17. The van der Waals surface area contributed by atoms with E-state index in [-0.39, 0.29) is 22.6 Å². The van der Waals surface area contributed by atoms with Crippen molar-refractivity contribution in [3.05, 3.63) is 70.6 Å². The Kier molecular flexibility index (Phi) is 3.88. The summed E-state index contributed by atoms with van der Waals surface area (Å²) >= 11 is 0. The summed E-state index contributed by atoms with van der Waals surface area (Å²) in [7, 11) is 0. The second-order valence-corrected chi connectivity index (χ2v) is 4.73. The Morgan fingerprint density at radius 2 is 1.83 bits per heavy atom. The van der Waals surface area contributed by atoms with Gasteiger partial charge in [0.2, 0.25) is 0 Å². The van der Waals surface area contributed by atoms with E-state index in [1.165, 1.54) is 0 Å². The molecule has 0 fully saturated rings. The summed E-state index contributed by atoms with van der Waals surface area (Å²) in [6.45, 7) is 0. The van der Waals surface area contributed by atoms with Crippen LogP contribution in [0.4, 0.5) is 5.69 Å². The fourth-order valence-corrected chi connectivity index (χ4v) is 2.16. The first-order chi connectivity index (χ1) is 11.2. The molecular weight excluding hydrogens is 294 g/mol. The standard InChI is InChI=1S/C17H13N3O3/c18-10-13(20-19-11-6-2-1-3-7-11)15-16(21)12-8-4-5-9-14(12)23-17(15)22/h1-10,18-19,21H/b18-10?,20-13+. The van der Waals surface area contributed by atoms with Crippen LogP contribution < -0.4 is 11.1 Å². The molecule has 23 heavy (non-hydrogen) atoms. The highest BCUT2D eigenvalue weighted by atomic mass is 16.4. The molecule has 0 atom stereocenters. The molecule has 0 amide bonds. The molecule has 0 saturated heterocycles. The Labute approximate surface area is 131 Å². The van der Waals surface area contributed by atoms with E-state index in [0.29, 0.717) is 11.1 Å². The van der Waals surface area contributed by atoms with Crippen LogP contribution in [0.15, 0.2) is 68.9 Å². The molecule has 3 rings (SSSR count). The third-order valence-corrected chi connectivity index (χ3v) is 3.26. The lowest BCUT2D eigenvalue weighted by molar-refractivity contribution is 0.466. The van der Waals surface area contributed by atoms with Gasteiger partial charge in [-0.1, -0.05) is 30.3 Å². The first kappa shape index (κ1) is 14.5. The van der Waals surface area contributed by atoms with Gasteiger partial charge in [0, 0.05) is 6.21 Å². The molecule has 0 spiro atoms. The molecule has 3 N–H and O–H groups in total. The highest BCUT2D eigenvalue weighted by Crippen LogP contribution is 2.26. The molecule has 6 heteroatoms. The predicted molar refractivity (Wildman–Crippen MR) is 89.5 cm³/mol. The minimum Gasteiger partial charge on any atom is -0.506 e. The Balaban J connectivity index is 2.10. The molecule has 1 heterocycles. The van der Waals surface area contributed by atoms with E-state index < -0.39 is 5.63 Å². The number of nitrogens with one attached hydrogen (secondary N) is 2. The van der Waals surface area contributed by atoms with Gasteiger partial charge in [0.05, 0.1) is 11.1 Å². The summed E-state index contributed by atoms with van der Waals surface area (Å²) in [5, 5.41) is 22.2. The van der Waals surface area contributed by atoms with Crippen molar-refractivity contribution in [3.8, 4) is 5.75 Å². The Morgan fingerprint density at radius 1 is 1.13 bits per heavy atom. The fourth-order valence-electron chi connectivity index (χ4n) is 2.16. The van der Waals surface area contributed by atoms with Crippen LogP contribution in [0.25, 0.3) is 11.0 Å². The smallest absolute Gasteiger partial charge is 0.349 e. The van der Waals surface area contributed by atoms with E-state index >= 15 is 0 Å². The molecule has 114 valence electrons. The van der Waals surface area contributed by atoms with E-state index in [1.54, 1.807) is 36.4 Å². The summed E-state index contributed by atoms with van der Waals surface area (Å²) in [6, 6.07) is 15.7. The van der Waals surface area contributed by atoms with Gasteiger partial charge >= 0.3 is 5.63 Å². The highest BCUT2D eigenvalue weighted by Gasteiger charge is 2.17. The maximum absolute atomic E-state index is 12.1. The number of benzene rings is 2. The Bertz CT molecular complexity index is 946. The van der Waals surface area contributed by atoms with Crippen molar-refractivity contribution < 1.29 is 9.52 Å². The van der Waals surface area contributed by atoms with Crippen molar-refractivity contribution in [1.29, 1.82) is 5.41 Å². The minimum atomic E-state index is -0.752. The van der Waals surface area contributed by atoms with Crippen molar-refractivity contribution in [2.24, 2.45) is 5.10 Å². The summed E-state index contributed by atoms with van der Waals surface area (Å²) in [4.78, 5) is 12.1. The molecule has 2 aromatic carbocycles. The third-order valence-electron chi connectivity index (χ3n) is 3.26. The van der Waals surface area contributed by atoms with Crippen LogP contribution in [0.1, 0.15) is 5.56 Å². The van der Waals surface area contributed by atoms with Crippen molar-refractivity contribution >= 4 is 28.6 Å². The molecule has 0 aliphatic heterocycles.